The molecule has 0 N–H and O–H groups in total. The number of aryl methyl sites for hydroxylation is 2. The number of hydrogen-bond acceptors (Lipinski definition) is 3. The molecule has 1 aromatic heterocycles. The Hall–Kier alpha value is -1.69. The van der Waals surface area contributed by atoms with Crippen LogP contribution in [0.25, 0.3) is 5.69 Å². The molecule has 0 aliphatic heterocycles. The number of nitro benzene ring substituents is 1. The largest absolute Gasteiger partial charge is 0.295 e. The Morgan fingerprint density at radius 3 is 2.50 bits per heavy atom. The van der Waals surface area contributed by atoms with Gasteiger partial charge >= 0.3 is 0 Å². The molecule has 2 aromatic rings. The third-order valence-electron chi connectivity index (χ3n) is 2.76. The Morgan fingerprint density at radius 1 is 1.33 bits per heavy atom. The van der Waals surface area contributed by atoms with Crippen molar-refractivity contribution < 1.29 is 4.92 Å². The summed E-state index contributed by atoms with van der Waals surface area (Å²) in [6, 6.07) is 5.12. The highest BCUT2D eigenvalue weighted by molar-refractivity contribution is 9.10. The van der Waals surface area contributed by atoms with Crippen LogP contribution in [-0.4, -0.2) is 14.7 Å². The molecule has 0 atom stereocenters. The zero-order chi connectivity index (χ0) is 13.4. The van der Waals surface area contributed by atoms with E-state index in [2.05, 4.69) is 21.0 Å². The lowest BCUT2D eigenvalue weighted by Gasteiger charge is -2.06. The van der Waals surface area contributed by atoms with Crippen molar-refractivity contribution in [2.45, 2.75) is 20.8 Å². The van der Waals surface area contributed by atoms with Crippen LogP contribution in [0.2, 0.25) is 0 Å². The first kappa shape index (κ1) is 12.8. The highest BCUT2D eigenvalue weighted by Gasteiger charge is 2.19. The number of halogens is 1. The Morgan fingerprint density at radius 2 is 2.00 bits per heavy atom. The van der Waals surface area contributed by atoms with Gasteiger partial charge in [0, 0.05) is 6.07 Å². The van der Waals surface area contributed by atoms with Crippen molar-refractivity contribution in [2.75, 3.05) is 0 Å². The van der Waals surface area contributed by atoms with Gasteiger partial charge in [0.2, 0.25) is 0 Å². The standard InChI is InChI=1S/C12H12BrN3O2/c1-7-4-5-10(11(6-7)16(17)18)15-9(3)12(13)8(2)14-15/h4-6H,1-3H3. The van der Waals surface area contributed by atoms with E-state index in [0.717, 1.165) is 21.4 Å². The molecule has 1 aromatic carbocycles. The summed E-state index contributed by atoms with van der Waals surface area (Å²) in [5.41, 5.74) is 3.05. The van der Waals surface area contributed by atoms with Crippen molar-refractivity contribution in [3.63, 3.8) is 0 Å². The predicted molar refractivity (Wildman–Crippen MR) is 72.1 cm³/mol. The molecule has 2 rings (SSSR count). The number of nitro groups is 1. The molecule has 0 aliphatic carbocycles. The minimum Gasteiger partial charge on any atom is -0.258 e. The lowest BCUT2D eigenvalue weighted by atomic mass is 10.2. The average Bonchev–Trinajstić information content (AvgIpc) is 2.57. The minimum atomic E-state index is -0.382. The monoisotopic (exact) mass is 309 g/mol. The lowest BCUT2D eigenvalue weighted by Crippen LogP contribution is -2.04. The first-order valence-corrected chi connectivity index (χ1v) is 6.18. The van der Waals surface area contributed by atoms with E-state index in [1.165, 1.54) is 0 Å². The van der Waals surface area contributed by atoms with Crippen molar-refractivity contribution >= 4 is 21.6 Å². The molecule has 0 fully saturated rings. The molecule has 6 heteroatoms. The van der Waals surface area contributed by atoms with Gasteiger partial charge in [-0.25, -0.2) is 4.68 Å². The topological polar surface area (TPSA) is 61.0 Å². The second-order valence-electron chi connectivity index (χ2n) is 4.15. The molecule has 1 heterocycles. The third-order valence-corrected chi connectivity index (χ3v) is 3.91. The SMILES string of the molecule is Cc1ccc(-n2nc(C)c(Br)c2C)c([N+](=O)[O-])c1. The van der Waals surface area contributed by atoms with E-state index >= 15 is 0 Å². The summed E-state index contributed by atoms with van der Waals surface area (Å²) >= 11 is 3.42. The van der Waals surface area contributed by atoms with Crippen molar-refractivity contribution in [2.24, 2.45) is 0 Å². The first-order valence-electron chi connectivity index (χ1n) is 5.39. The van der Waals surface area contributed by atoms with E-state index in [1.54, 1.807) is 16.8 Å². The molecule has 18 heavy (non-hydrogen) atoms. The molecular formula is C12H12BrN3O2. The maximum absolute atomic E-state index is 11.1. The maximum Gasteiger partial charge on any atom is 0.295 e. The Kier molecular flexibility index (Phi) is 3.21. The Balaban J connectivity index is 2.71. The normalized spacial score (nSPS) is 10.7. The van der Waals surface area contributed by atoms with Gasteiger partial charge in [-0.3, -0.25) is 10.1 Å². The number of benzene rings is 1. The Bertz CT molecular complexity index is 634. The summed E-state index contributed by atoms with van der Waals surface area (Å²) in [7, 11) is 0. The van der Waals surface area contributed by atoms with E-state index in [4.69, 9.17) is 0 Å². The second kappa shape index (κ2) is 4.53. The fraction of sp³-hybridized carbons (Fsp3) is 0.250. The smallest absolute Gasteiger partial charge is 0.258 e. The minimum absolute atomic E-state index is 0.0631. The van der Waals surface area contributed by atoms with E-state index in [0.29, 0.717) is 5.69 Å². The molecule has 94 valence electrons. The van der Waals surface area contributed by atoms with E-state index < -0.39 is 0 Å². The van der Waals surface area contributed by atoms with E-state index in [9.17, 15) is 10.1 Å². The zero-order valence-electron chi connectivity index (χ0n) is 10.3. The molecule has 0 spiro atoms. The van der Waals surface area contributed by atoms with Crippen molar-refractivity contribution in [1.82, 2.24) is 9.78 Å². The fourth-order valence-corrected chi connectivity index (χ4v) is 2.06. The quantitative estimate of drug-likeness (QED) is 0.630. The molecular weight excluding hydrogens is 298 g/mol. The van der Waals surface area contributed by atoms with E-state index in [1.807, 2.05) is 26.8 Å². The zero-order valence-corrected chi connectivity index (χ0v) is 11.9. The van der Waals surface area contributed by atoms with Crippen molar-refractivity contribution in [1.29, 1.82) is 0 Å². The highest BCUT2D eigenvalue weighted by atomic mass is 79.9. The van der Waals surface area contributed by atoms with Crippen LogP contribution in [0.15, 0.2) is 22.7 Å². The second-order valence-corrected chi connectivity index (χ2v) is 4.94. The summed E-state index contributed by atoms with van der Waals surface area (Å²) in [4.78, 5) is 10.7. The number of hydrogen-bond donors (Lipinski definition) is 0. The molecule has 0 saturated carbocycles. The lowest BCUT2D eigenvalue weighted by molar-refractivity contribution is -0.384. The fourth-order valence-electron chi connectivity index (χ4n) is 1.82. The van der Waals surface area contributed by atoms with Crippen LogP contribution in [0, 0.1) is 30.9 Å². The van der Waals surface area contributed by atoms with Crippen LogP contribution in [-0.2, 0) is 0 Å². The van der Waals surface area contributed by atoms with Crippen molar-refractivity contribution in [3.8, 4) is 5.69 Å². The molecule has 5 nitrogen and oxygen atoms in total. The summed E-state index contributed by atoms with van der Waals surface area (Å²) < 4.78 is 2.47. The summed E-state index contributed by atoms with van der Waals surface area (Å²) in [6.07, 6.45) is 0. The molecule has 0 radical (unpaired) electrons. The van der Waals surface area contributed by atoms with Gasteiger partial charge in [-0.15, -0.1) is 0 Å². The van der Waals surface area contributed by atoms with Gasteiger partial charge in [-0.2, -0.15) is 5.10 Å². The van der Waals surface area contributed by atoms with Crippen LogP contribution in [0.3, 0.4) is 0 Å². The summed E-state index contributed by atoms with van der Waals surface area (Å²) in [5, 5.41) is 15.4. The molecule has 0 saturated heterocycles. The van der Waals surface area contributed by atoms with Crippen LogP contribution in [0.1, 0.15) is 17.0 Å². The first-order chi connectivity index (χ1) is 8.41. The number of aromatic nitrogens is 2. The van der Waals surface area contributed by atoms with Crippen LogP contribution < -0.4 is 0 Å². The third kappa shape index (κ3) is 2.03. The Labute approximate surface area is 113 Å². The summed E-state index contributed by atoms with van der Waals surface area (Å²) in [5.74, 6) is 0. The highest BCUT2D eigenvalue weighted by Crippen LogP contribution is 2.28. The molecule has 0 amide bonds. The molecule has 0 aliphatic rings. The van der Waals surface area contributed by atoms with Gasteiger partial charge in [0.25, 0.3) is 5.69 Å². The van der Waals surface area contributed by atoms with Gasteiger partial charge < -0.3 is 0 Å². The number of nitrogens with zero attached hydrogens (tertiary/aromatic N) is 3. The van der Waals surface area contributed by atoms with Crippen molar-refractivity contribution in [3.05, 3.63) is 49.7 Å². The predicted octanol–water partition coefficient (Wildman–Crippen LogP) is 3.47. The van der Waals surface area contributed by atoms with Gasteiger partial charge in [-0.05, 0) is 48.3 Å². The van der Waals surface area contributed by atoms with Crippen LogP contribution >= 0.6 is 15.9 Å². The maximum atomic E-state index is 11.1. The molecule has 0 unspecified atom stereocenters. The average molecular weight is 310 g/mol. The number of rotatable bonds is 2. The van der Waals surface area contributed by atoms with Crippen LogP contribution in [0.5, 0.6) is 0 Å². The van der Waals surface area contributed by atoms with Gasteiger partial charge in [-0.1, -0.05) is 6.07 Å². The van der Waals surface area contributed by atoms with Gasteiger partial charge in [0.1, 0.15) is 5.69 Å². The van der Waals surface area contributed by atoms with Gasteiger partial charge in [0.15, 0.2) is 0 Å². The van der Waals surface area contributed by atoms with Gasteiger partial charge in [0.05, 0.1) is 20.8 Å². The van der Waals surface area contributed by atoms with Crippen LogP contribution in [0.4, 0.5) is 5.69 Å². The van der Waals surface area contributed by atoms with E-state index in [-0.39, 0.29) is 10.6 Å². The summed E-state index contributed by atoms with van der Waals surface area (Å²) in [6.45, 7) is 5.55. The molecule has 0 bridgehead atoms.